The van der Waals surface area contributed by atoms with Crippen molar-refractivity contribution in [1.82, 2.24) is 10.2 Å². The molecule has 0 aliphatic carbocycles. The molecule has 2 N–H and O–H groups in total. The van der Waals surface area contributed by atoms with E-state index in [2.05, 4.69) is 10.6 Å². The van der Waals surface area contributed by atoms with Crippen molar-refractivity contribution < 1.29 is 14.0 Å². The summed E-state index contributed by atoms with van der Waals surface area (Å²) < 4.78 is 13.3. The van der Waals surface area contributed by atoms with E-state index >= 15 is 0 Å². The lowest BCUT2D eigenvalue weighted by Gasteiger charge is -2.27. The van der Waals surface area contributed by atoms with Crippen LogP contribution in [0.3, 0.4) is 0 Å². The van der Waals surface area contributed by atoms with Crippen LogP contribution in [0, 0.1) is 12.7 Å². The van der Waals surface area contributed by atoms with Gasteiger partial charge in [0.05, 0.1) is 9.88 Å². The van der Waals surface area contributed by atoms with E-state index in [1.165, 1.54) is 29.5 Å². The summed E-state index contributed by atoms with van der Waals surface area (Å²) in [6.45, 7) is 3.68. The van der Waals surface area contributed by atoms with E-state index in [0.29, 0.717) is 15.9 Å². The zero-order valence-corrected chi connectivity index (χ0v) is 17.2. The molecule has 0 spiro atoms. The Bertz CT molecular complexity index is 874. The van der Waals surface area contributed by atoms with Crippen LogP contribution in [-0.4, -0.2) is 41.9 Å². The number of nitrogens with one attached hydrogen (secondary N) is 2. The molecule has 5 nitrogen and oxygen atoms in total. The SMILES string of the molecule is Cc1cc(NC(=O)c2cccc(F)c2)sc1C(=O)N1C2CCNCC1CC2.Cl. The van der Waals surface area contributed by atoms with E-state index in [-0.39, 0.29) is 35.8 Å². The molecule has 8 heteroatoms. The molecule has 1 aromatic heterocycles. The number of benzene rings is 1. The quantitative estimate of drug-likeness (QED) is 0.788. The summed E-state index contributed by atoms with van der Waals surface area (Å²) in [5.74, 6) is -0.778. The van der Waals surface area contributed by atoms with Gasteiger partial charge in [-0.2, -0.15) is 0 Å². The van der Waals surface area contributed by atoms with Gasteiger partial charge in [-0.15, -0.1) is 23.7 Å². The van der Waals surface area contributed by atoms with Gasteiger partial charge in [-0.25, -0.2) is 4.39 Å². The third-order valence-electron chi connectivity index (χ3n) is 5.32. The van der Waals surface area contributed by atoms with Crippen molar-refractivity contribution in [3.8, 4) is 0 Å². The van der Waals surface area contributed by atoms with Crippen LogP contribution in [0.5, 0.6) is 0 Å². The topological polar surface area (TPSA) is 61.4 Å². The highest BCUT2D eigenvalue weighted by Crippen LogP contribution is 2.34. The summed E-state index contributed by atoms with van der Waals surface area (Å²) in [6.07, 6.45) is 3.08. The second-order valence-electron chi connectivity index (χ2n) is 7.18. The number of rotatable bonds is 3. The molecule has 28 heavy (non-hydrogen) atoms. The number of hydrogen-bond donors (Lipinski definition) is 2. The number of amides is 2. The maximum Gasteiger partial charge on any atom is 0.264 e. The summed E-state index contributed by atoms with van der Waals surface area (Å²) >= 11 is 1.29. The van der Waals surface area contributed by atoms with Gasteiger partial charge in [-0.05, 0) is 62.6 Å². The first-order chi connectivity index (χ1) is 13.0. The lowest BCUT2D eigenvalue weighted by Crippen LogP contribution is -2.42. The molecule has 2 fully saturated rings. The molecule has 2 atom stereocenters. The number of fused-ring (bicyclic) bond motifs is 2. The van der Waals surface area contributed by atoms with Gasteiger partial charge >= 0.3 is 0 Å². The van der Waals surface area contributed by atoms with Gasteiger partial charge in [0.15, 0.2) is 0 Å². The average molecular weight is 424 g/mol. The van der Waals surface area contributed by atoms with Crippen molar-refractivity contribution >= 4 is 40.6 Å². The highest BCUT2D eigenvalue weighted by molar-refractivity contribution is 7.18. The zero-order chi connectivity index (χ0) is 19.0. The number of aryl methyl sites for hydroxylation is 1. The highest BCUT2D eigenvalue weighted by Gasteiger charge is 2.39. The smallest absolute Gasteiger partial charge is 0.264 e. The highest BCUT2D eigenvalue weighted by atomic mass is 35.5. The summed E-state index contributed by atoms with van der Waals surface area (Å²) in [5.41, 5.74) is 1.11. The molecule has 2 aliphatic rings. The van der Waals surface area contributed by atoms with Gasteiger partial charge in [-0.1, -0.05) is 6.07 Å². The Balaban J connectivity index is 0.00000225. The summed E-state index contributed by atoms with van der Waals surface area (Å²) in [6, 6.07) is 7.92. The first-order valence-corrected chi connectivity index (χ1v) is 10.1. The maximum atomic E-state index is 13.3. The number of halogens is 2. The lowest BCUT2D eigenvalue weighted by molar-refractivity contribution is 0.0684. The van der Waals surface area contributed by atoms with Crippen molar-refractivity contribution in [1.29, 1.82) is 0 Å². The standard InChI is InChI=1S/C20H22FN3O2S.ClH/c1-12-9-17(23-19(25)13-3-2-4-14(21)10-13)27-18(12)20(26)24-15-5-6-16(24)11-22-8-7-15;/h2-4,9-10,15-16,22H,5-8,11H2,1H3,(H,23,25);1H. The fraction of sp³-hybridized carbons (Fsp3) is 0.400. The number of thiophene rings is 1. The van der Waals surface area contributed by atoms with E-state index in [9.17, 15) is 14.0 Å². The minimum atomic E-state index is -0.453. The van der Waals surface area contributed by atoms with E-state index in [1.807, 2.05) is 17.9 Å². The van der Waals surface area contributed by atoms with Crippen LogP contribution < -0.4 is 10.6 Å². The third-order valence-corrected chi connectivity index (χ3v) is 6.46. The summed E-state index contributed by atoms with van der Waals surface area (Å²) in [5, 5.41) is 6.79. The largest absolute Gasteiger partial charge is 0.331 e. The van der Waals surface area contributed by atoms with Gasteiger partial charge < -0.3 is 15.5 Å². The summed E-state index contributed by atoms with van der Waals surface area (Å²) in [4.78, 5) is 28.2. The number of nitrogens with zero attached hydrogens (tertiary/aromatic N) is 1. The average Bonchev–Trinajstić information content (AvgIpc) is 3.12. The van der Waals surface area contributed by atoms with E-state index in [1.54, 1.807) is 6.07 Å². The van der Waals surface area contributed by atoms with E-state index < -0.39 is 5.82 Å². The number of anilines is 1. The van der Waals surface area contributed by atoms with Crippen molar-refractivity contribution in [3.63, 3.8) is 0 Å². The normalized spacial score (nSPS) is 21.0. The Morgan fingerprint density at radius 1 is 1.21 bits per heavy atom. The van der Waals surface area contributed by atoms with Crippen molar-refractivity contribution in [2.75, 3.05) is 18.4 Å². The monoisotopic (exact) mass is 423 g/mol. The van der Waals surface area contributed by atoms with Crippen molar-refractivity contribution in [2.45, 2.75) is 38.3 Å². The fourth-order valence-electron chi connectivity index (χ4n) is 4.00. The molecular formula is C20H23ClFN3O2S. The first-order valence-electron chi connectivity index (χ1n) is 9.23. The van der Waals surface area contributed by atoms with Gasteiger partial charge in [0.1, 0.15) is 5.82 Å². The predicted molar refractivity (Wildman–Crippen MR) is 111 cm³/mol. The van der Waals surface area contributed by atoms with Crippen LogP contribution in [0.25, 0.3) is 0 Å². The summed E-state index contributed by atoms with van der Waals surface area (Å²) in [7, 11) is 0. The molecule has 2 saturated heterocycles. The molecule has 2 unspecified atom stereocenters. The van der Waals surface area contributed by atoms with Crippen LogP contribution in [0.2, 0.25) is 0 Å². The molecule has 2 amide bonds. The molecule has 0 saturated carbocycles. The number of carbonyl (C=O) groups is 2. The molecule has 0 radical (unpaired) electrons. The molecule has 2 aliphatic heterocycles. The number of hydrogen-bond acceptors (Lipinski definition) is 4. The van der Waals surface area contributed by atoms with Crippen LogP contribution in [0.4, 0.5) is 9.39 Å². The molecule has 2 aromatic rings. The van der Waals surface area contributed by atoms with Crippen LogP contribution in [0.1, 0.15) is 44.9 Å². The maximum absolute atomic E-state index is 13.3. The molecule has 3 heterocycles. The Hall–Kier alpha value is -1.96. The Morgan fingerprint density at radius 2 is 2.00 bits per heavy atom. The van der Waals surface area contributed by atoms with Gasteiger partial charge in [0, 0.05) is 24.2 Å². The molecule has 1 aromatic carbocycles. The molecule has 4 rings (SSSR count). The molecular weight excluding hydrogens is 401 g/mol. The van der Waals surface area contributed by atoms with Crippen LogP contribution in [-0.2, 0) is 0 Å². The van der Waals surface area contributed by atoms with Gasteiger partial charge in [0.2, 0.25) is 0 Å². The predicted octanol–water partition coefficient (Wildman–Crippen LogP) is 3.84. The van der Waals surface area contributed by atoms with E-state index in [0.717, 1.165) is 37.9 Å². The van der Waals surface area contributed by atoms with Crippen molar-refractivity contribution in [2.24, 2.45) is 0 Å². The Morgan fingerprint density at radius 3 is 2.79 bits per heavy atom. The Labute approximate surface area is 173 Å². The Kier molecular flexibility index (Phi) is 6.37. The molecule has 150 valence electrons. The van der Waals surface area contributed by atoms with Crippen molar-refractivity contribution in [3.05, 3.63) is 52.2 Å². The van der Waals surface area contributed by atoms with Gasteiger partial charge in [0.25, 0.3) is 11.8 Å². The second kappa shape index (κ2) is 8.59. The second-order valence-corrected chi connectivity index (χ2v) is 8.23. The molecule has 2 bridgehead atoms. The lowest BCUT2D eigenvalue weighted by atomic mass is 10.1. The van der Waals surface area contributed by atoms with Crippen LogP contribution >= 0.6 is 23.7 Å². The van der Waals surface area contributed by atoms with E-state index in [4.69, 9.17) is 0 Å². The third kappa shape index (κ3) is 4.06. The minimum absolute atomic E-state index is 0. The number of carbonyl (C=O) groups excluding carboxylic acids is 2. The minimum Gasteiger partial charge on any atom is -0.331 e. The fourth-order valence-corrected chi connectivity index (χ4v) is 5.01. The van der Waals surface area contributed by atoms with Crippen LogP contribution in [0.15, 0.2) is 30.3 Å². The van der Waals surface area contributed by atoms with Gasteiger partial charge in [-0.3, -0.25) is 9.59 Å². The first kappa shape index (κ1) is 20.8. The zero-order valence-electron chi connectivity index (χ0n) is 15.5.